The smallest absolute Gasteiger partial charge is 0.311 e. The van der Waals surface area contributed by atoms with Crippen LogP contribution in [-0.2, 0) is 28.8 Å². The number of rotatable bonds is 54. The van der Waals surface area contributed by atoms with Crippen LogP contribution in [0.15, 0.2) is 0 Å². The molecule has 0 saturated heterocycles. The summed E-state index contributed by atoms with van der Waals surface area (Å²) in [5.74, 6) is -7.61. The van der Waals surface area contributed by atoms with Gasteiger partial charge in [-0.05, 0) is 38.5 Å². The molecule has 0 amide bonds. The van der Waals surface area contributed by atoms with Gasteiger partial charge in [-0.1, -0.05) is 273 Å². The molecule has 0 saturated carbocycles. The first kappa shape index (κ1) is 72.1. The van der Waals surface area contributed by atoms with Crippen molar-refractivity contribution in [2.24, 2.45) is 0 Å². The lowest BCUT2D eigenvalue weighted by atomic mass is 10.1. The quantitative estimate of drug-likeness (QED) is 0.0346. The van der Waals surface area contributed by atoms with Crippen LogP contribution in [0, 0.1) is 0 Å². The van der Waals surface area contributed by atoms with E-state index < -0.39 is 70.3 Å². The van der Waals surface area contributed by atoms with E-state index in [2.05, 4.69) is 41.5 Å². The van der Waals surface area contributed by atoms with Gasteiger partial charge in [0.1, 0.15) is 0 Å². The third kappa shape index (κ3) is 37.8. The van der Waals surface area contributed by atoms with E-state index in [0.717, 1.165) is 231 Å². The van der Waals surface area contributed by atoms with E-state index in [0.29, 0.717) is 38.5 Å². The fourth-order valence-electron chi connectivity index (χ4n) is 9.52. The summed E-state index contributed by atoms with van der Waals surface area (Å²) in [6.45, 7) is 13.0. The number of hydrogen-bond acceptors (Lipinski definition) is 12. The van der Waals surface area contributed by atoms with Gasteiger partial charge in [0.25, 0.3) is 0 Å². The van der Waals surface area contributed by atoms with Crippen LogP contribution in [0.2, 0.25) is 0 Å². The Bertz CT molecular complexity index is 1380. The summed E-state index contributed by atoms with van der Waals surface area (Å²) in [6, 6.07) is 0. The number of ether oxygens (including phenoxy) is 6. The first-order valence-corrected chi connectivity index (χ1v) is 32.5. The Morgan fingerprint density at radius 2 is 0.282 bits per heavy atom. The molecule has 0 spiro atoms. The average Bonchev–Trinajstić information content (AvgIpc) is 3.42. The molecular weight excluding hydrogens is 985 g/mol. The fraction of sp³-hybridized carbons (Fsp3) is 0.818. The normalized spacial score (nSPS) is 11.2. The summed E-state index contributed by atoms with van der Waals surface area (Å²) in [5, 5.41) is 0. The first-order valence-electron chi connectivity index (χ1n) is 32.5. The molecule has 0 bridgehead atoms. The van der Waals surface area contributed by atoms with Crippen molar-refractivity contribution in [3.8, 4) is 34.5 Å². The summed E-state index contributed by atoms with van der Waals surface area (Å²) in [6.07, 6.45) is 39.6. The maximum absolute atomic E-state index is 14.2. The maximum atomic E-state index is 14.2. The topological polar surface area (TPSA) is 158 Å². The van der Waals surface area contributed by atoms with Gasteiger partial charge in [-0.3, -0.25) is 28.8 Å². The Hall–Kier alpha value is -3.96. The molecule has 0 radical (unpaired) electrons. The Morgan fingerprint density at radius 3 is 0.397 bits per heavy atom. The molecule has 0 fully saturated rings. The second-order valence-electron chi connectivity index (χ2n) is 22.0. The largest absolute Gasteiger partial charge is 0.418 e. The fourth-order valence-corrected chi connectivity index (χ4v) is 9.52. The van der Waals surface area contributed by atoms with Crippen LogP contribution in [0.3, 0.4) is 0 Å². The number of unbranched alkanes of at least 4 members (excludes halogenated alkanes) is 36. The summed E-state index contributed by atoms with van der Waals surface area (Å²) < 4.78 is 37.1. The Kier molecular flexibility index (Phi) is 47.3. The first-order chi connectivity index (χ1) is 38.1. The van der Waals surface area contributed by atoms with Gasteiger partial charge >= 0.3 is 35.8 Å². The van der Waals surface area contributed by atoms with Crippen molar-refractivity contribution >= 4 is 35.8 Å². The number of carbonyl (C=O) groups excluding carboxylic acids is 6. The third-order valence-electron chi connectivity index (χ3n) is 14.4. The predicted molar refractivity (Wildman–Crippen MR) is 316 cm³/mol. The van der Waals surface area contributed by atoms with E-state index in [1.54, 1.807) is 0 Å². The van der Waals surface area contributed by atoms with Crippen LogP contribution in [-0.4, -0.2) is 35.8 Å². The van der Waals surface area contributed by atoms with Crippen LogP contribution in [0.25, 0.3) is 0 Å². The summed E-state index contributed by atoms with van der Waals surface area (Å²) in [7, 11) is 0. The van der Waals surface area contributed by atoms with Crippen LogP contribution in [0.4, 0.5) is 0 Å². The molecular formula is C66H114O12. The number of hydrogen-bond donors (Lipinski definition) is 0. The van der Waals surface area contributed by atoms with E-state index in [4.69, 9.17) is 28.4 Å². The second kappa shape index (κ2) is 51.2. The standard InChI is InChI=1S/C66H114O12/c1-7-13-19-25-31-37-43-49-55(67)73-61-62(74-56(68)50-44-38-32-26-20-14-8-2)64(76-58(70)52-46-40-34-28-22-16-10-4)66(78-60(72)54-48-42-36-30-24-18-12-6)65(77-59(71)53-47-41-35-29-23-17-11-5)63(61)75-57(69)51-45-39-33-27-21-15-9-3/h7-54H2,1-6H3. The van der Waals surface area contributed by atoms with Gasteiger partial charge in [-0.15, -0.1) is 0 Å². The molecule has 0 aliphatic carbocycles. The Morgan fingerprint density at radius 1 is 0.179 bits per heavy atom. The van der Waals surface area contributed by atoms with Gasteiger partial charge in [0.2, 0.25) is 34.5 Å². The molecule has 12 heteroatoms. The molecule has 0 heterocycles. The van der Waals surface area contributed by atoms with Crippen LogP contribution in [0.5, 0.6) is 34.5 Å². The SMILES string of the molecule is CCCCCCCCCC(=O)Oc1c(OC(=O)CCCCCCCCC)c(OC(=O)CCCCCCCCC)c(OC(=O)CCCCCCCCC)c(OC(=O)CCCCCCCCC)c1OC(=O)CCCCCCCCC. The predicted octanol–water partition coefficient (Wildman–Crippen LogP) is 20.0. The molecule has 0 aliphatic rings. The molecule has 1 aromatic carbocycles. The van der Waals surface area contributed by atoms with Crippen molar-refractivity contribution in [3.05, 3.63) is 0 Å². The van der Waals surface area contributed by atoms with E-state index in [9.17, 15) is 28.8 Å². The van der Waals surface area contributed by atoms with Crippen molar-refractivity contribution in [1.29, 1.82) is 0 Å². The van der Waals surface area contributed by atoms with Gasteiger partial charge in [0.15, 0.2) is 0 Å². The van der Waals surface area contributed by atoms with E-state index in [-0.39, 0.29) is 38.5 Å². The van der Waals surface area contributed by atoms with Crippen molar-refractivity contribution in [1.82, 2.24) is 0 Å². The number of carbonyl (C=O) groups is 6. The lowest BCUT2D eigenvalue weighted by Crippen LogP contribution is -2.20. The minimum atomic E-state index is -0.721. The molecule has 0 N–H and O–H groups in total. The zero-order chi connectivity index (χ0) is 57.1. The number of esters is 6. The lowest BCUT2D eigenvalue weighted by molar-refractivity contribution is -0.140. The lowest BCUT2D eigenvalue weighted by Gasteiger charge is -2.23. The van der Waals surface area contributed by atoms with Crippen LogP contribution in [0.1, 0.15) is 350 Å². The molecule has 450 valence electrons. The summed E-state index contributed by atoms with van der Waals surface area (Å²) in [5.41, 5.74) is 0. The van der Waals surface area contributed by atoms with Crippen molar-refractivity contribution in [3.63, 3.8) is 0 Å². The van der Waals surface area contributed by atoms with Crippen LogP contribution >= 0.6 is 0 Å². The van der Waals surface area contributed by atoms with Gasteiger partial charge in [-0.25, -0.2) is 0 Å². The van der Waals surface area contributed by atoms with Gasteiger partial charge < -0.3 is 28.4 Å². The molecule has 12 nitrogen and oxygen atoms in total. The second-order valence-corrected chi connectivity index (χ2v) is 22.0. The molecule has 0 aromatic heterocycles. The molecule has 0 atom stereocenters. The minimum absolute atomic E-state index is 0.0272. The highest BCUT2D eigenvalue weighted by Crippen LogP contribution is 2.59. The van der Waals surface area contributed by atoms with Crippen molar-refractivity contribution in [2.45, 2.75) is 350 Å². The van der Waals surface area contributed by atoms with Gasteiger partial charge in [-0.2, -0.15) is 0 Å². The molecule has 0 aliphatic heterocycles. The van der Waals surface area contributed by atoms with Crippen LogP contribution < -0.4 is 28.4 Å². The Labute approximate surface area is 475 Å². The minimum Gasteiger partial charge on any atom is -0.418 e. The monoisotopic (exact) mass is 1100 g/mol. The highest BCUT2D eigenvalue weighted by molar-refractivity contribution is 5.90. The van der Waals surface area contributed by atoms with E-state index in [1.807, 2.05) is 0 Å². The highest BCUT2D eigenvalue weighted by Gasteiger charge is 2.38. The maximum Gasteiger partial charge on any atom is 0.311 e. The molecule has 78 heavy (non-hydrogen) atoms. The van der Waals surface area contributed by atoms with Crippen molar-refractivity contribution < 1.29 is 57.2 Å². The third-order valence-corrected chi connectivity index (χ3v) is 14.4. The zero-order valence-electron chi connectivity index (χ0n) is 50.8. The average molecular weight is 1100 g/mol. The summed E-state index contributed by atoms with van der Waals surface area (Å²) in [4.78, 5) is 84.9. The zero-order valence-corrected chi connectivity index (χ0v) is 50.8. The van der Waals surface area contributed by atoms with Crippen molar-refractivity contribution in [2.75, 3.05) is 0 Å². The highest BCUT2D eigenvalue weighted by atomic mass is 16.6. The van der Waals surface area contributed by atoms with Gasteiger partial charge in [0, 0.05) is 38.5 Å². The van der Waals surface area contributed by atoms with E-state index >= 15 is 0 Å². The molecule has 1 rings (SSSR count). The van der Waals surface area contributed by atoms with E-state index in [1.165, 1.54) is 0 Å². The number of benzene rings is 1. The Balaban J connectivity index is 4.18. The molecule has 0 unspecified atom stereocenters. The summed E-state index contributed by atoms with van der Waals surface area (Å²) >= 11 is 0. The van der Waals surface area contributed by atoms with Gasteiger partial charge in [0.05, 0.1) is 0 Å². The molecule has 1 aromatic rings.